The van der Waals surface area contributed by atoms with Gasteiger partial charge in [-0.1, -0.05) is 92.7 Å². The number of carbonyl (C=O) groups is 1. The Bertz CT molecular complexity index is 3180. The molecule has 0 radical (unpaired) electrons. The minimum Gasteiger partial charge on any atom is -0.466 e. The first-order chi connectivity index (χ1) is 32.3. The standard InChI is InChI=1S/C55H61N3O8S2/c1-6-66-53(59)42-35-40(23-29-48-54(2,3)51-44-17-9-7-15-37(44)21-27-46(51)57(48)31-11-13-33-67(60,61)62)50(39-19-25-43(56)26-20-39)41(36-42)24-30-49-55(4,5)52-45-18-10-8-16-38(45)22-28-47(52)58(49)32-12-14-34-68(63,64)65/h7-10,15-30,42,56H,6,11-14,31-36H2,1-5H3,(H2,60,61,62,63,64,65)/p+1/b40-23+,48-29+. The molecule has 2 heterocycles. The SMILES string of the molecule is CCOC(=O)C1CC(/C=C/C2=[N+](CCCCS(=O)(=O)O)c3ccc4ccccc4c3C2(C)C)=C(c2ccc(N)cc2)C(=C/C=C2/N(CCCCS(=O)(=O)O)c3ccc4ccccc4c3C2(C)C)/C1. The third-order valence-corrected chi connectivity index (χ3v) is 15.5. The summed E-state index contributed by atoms with van der Waals surface area (Å²) in [5, 5.41) is 4.52. The van der Waals surface area contributed by atoms with Crippen molar-refractivity contribution in [3.05, 3.63) is 155 Å². The van der Waals surface area contributed by atoms with Gasteiger partial charge in [0.1, 0.15) is 6.54 Å². The molecule has 5 aromatic carbocycles. The molecule has 0 fully saturated rings. The van der Waals surface area contributed by atoms with Crippen LogP contribution in [0, 0.1) is 5.92 Å². The third-order valence-electron chi connectivity index (χ3n) is 13.9. The molecule has 0 aromatic heterocycles. The molecule has 11 nitrogen and oxygen atoms in total. The Hall–Kier alpha value is -5.86. The van der Waals surface area contributed by atoms with Gasteiger partial charge in [-0.3, -0.25) is 13.9 Å². The second kappa shape index (κ2) is 19.3. The lowest BCUT2D eigenvalue weighted by Crippen LogP contribution is -2.28. The number of hydrogen-bond donors (Lipinski definition) is 3. The number of hydrogen-bond acceptors (Lipinski definition) is 8. The van der Waals surface area contributed by atoms with Crippen molar-refractivity contribution in [1.82, 2.24) is 0 Å². The molecule has 0 saturated heterocycles. The van der Waals surface area contributed by atoms with Crippen molar-refractivity contribution in [3.63, 3.8) is 0 Å². The number of allylic oxidation sites excluding steroid dienone is 8. The number of nitrogens with zero attached hydrogens (tertiary/aromatic N) is 2. The first-order valence-electron chi connectivity index (χ1n) is 23.5. The van der Waals surface area contributed by atoms with Gasteiger partial charge in [0.15, 0.2) is 5.71 Å². The van der Waals surface area contributed by atoms with Crippen LogP contribution in [0.4, 0.5) is 17.1 Å². The zero-order chi connectivity index (χ0) is 48.6. The van der Waals surface area contributed by atoms with E-state index < -0.39 is 37.0 Å². The van der Waals surface area contributed by atoms with Crippen LogP contribution in [0.5, 0.6) is 0 Å². The van der Waals surface area contributed by atoms with Gasteiger partial charge in [0.05, 0.1) is 29.4 Å². The van der Waals surface area contributed by atoms with Gasteiger partial charge in [-0.25, -0.2) is 0 Å². The molecular formula is C55H62N3O8S2+. The van der Waals surface area contributed by atoms with Crippen LogP contribution in [0.25, 0.3) is 27.1 Å². The highest BCUT2D eigenvalue weighted by Gasteiger charge is 2.46. The minimum atomic E-state index is -4.11. The highest BCUT2D eigenvalue weighted by molar-refractivity contribution is 7.86. The van der Waals surface area contributed by atoms with Crippen molar-refractivity contribution < 1.29 is 40.0 Å². The summed E-state index contributed by atoms with van der Waals surface area (Å²) in [5.41, 5.74) is 16.2. The van der Waals surface area contributed by atoms with Crippen LogP contribution in [0.2, 0.25) is 0 Å². The molecule has 2 aliphatic heterocycles. The van der Waals surface area contributed by atoms with Crippen molar-refractivity contribution >= 4 is 76.1 Å². The minimum absolute atomic E-state index is 0.246. The normalized spacial score (nSPS) is 19.2. The summed E-state index contributed by atoms with van der Waals surface area (Å²) in [6.45, 7) is 12.0. The fourth-order valence-corrected chi connectivity index (χ4v) is 11.9. The summed E-state index contributed by atoms with van der Waals surface area (Å²) in [4.78, 5) is 16.2. The Morgan fingerprint density at radius 1 is 0.750 bits per heavy atom. The van der Waals surface area contributed by atoms with E-state index in [0.29, 0.717) is 57.3 Å². The maximum Gasteiger partial charge on any atom is 0.309 e. The lowest BCUT2D eigenvalue weighted by molar-refractivity contribution is -0.438. The predicted octanol–water partition coefficient (Wildman–Crippen LogP) is 10.9. The van der Waals surface area contributed by atoms with Crippen LogP contribution in [0.1, 0.15) is 89.8 Å². The van der Waals surface area contributed by atoms with Gasteiger partial charge in [-0.05, 0) is 133 Å². The zero-order valence-electron chi connectivity index (χ0n) is 39.5. The molecule has 68 heavy (non-hydrogen) atoms. The van der Waals surface area contributed by atoms with Crippen LogP contribution >= 0.6 is 0 Å². The number of rotatable bonds is 16. The summed E-state index contributed by atoms with van der Waals surface area (Å²) in [6.07, 6.45) is 11.1. The monoisotopic (exact) mass is 956 g/mol. The molecule has 8 rings (SSSR count). The molecule has 356 valence electrons. The number of nitrogens with two attached hydrogens (primary N) is 1. The fourth-order valence-electron chi connectivity index (χ4n) is 10.8. The van der Waals surface area contributed by atoms with Crippen LogP contribution in [-0.2, 0) is 40.6 Å². The number of carbonyl (C=O) groups excluding carboxylic acids is 1. The number of anilines is 2. The number of esters is 1. The first-order valence-corrected chi connectivity index (χ1v) is 26.7. The molecule has 0 amide bonds. The number of nitrogen functional groups attached to an aromatic ring is 1. The molecule has 4 N–H and O–H groups in total. The van der Waals surface area contributed by atoms with E-state index in [4.69, 9.17) is 10.5 Å². The number of fused-ring (bicyclic) bond motifs is 6. The van der Waals surface area contributed by atoms with Crippen molar-refractivity contribution in [2.24, 2.45) is 5.92 Å². The van der Waals surface area contributed by atoms with Gasteiger partial charge in [-0.2, -0.15) is 21.4 Å². The molecule has 5 aromatic rings. The van der Waals surface area contributed by atoms with E-state index in [1.54, 1.807) is 0 Å². The molecule has 0 bridgehead atoms. The van der Waals surface area contributed by atoms with E-state index in [1.165, 1.54) is 11.1 Å². The molecule has 3 aliphatic rings. The van der Waals surface area contributed by atoms with Gasteiger partial charge in [0, 0.05) is 53.2 Å². The van der Waals surface area contributed by atoms with Crippen LogP contribution in [0.15, 0.2) is 138 Å². The Morgan fingerprint density at radius 2 is 1.37 bits per heavy atom. The summed E-state index contributed by atoms with van der Waals surface area (Å²) in [5.74, 6) is -1.39. The van der Waals surface area contributed by atoms with Crippen molar-refractivity contribution in [2.45, 2.75) is 84.0 Å². The smallest absolute Gasteiger partial charge is 0.309 e. The summed E-state index contributed by atoms with van der Waals surface area (Å²) in [6, 6.07) is 33.0. The lowest BCUT2D eigenvalue weighted by atomic mass is 9.76. The summed E-state index contributed by atoms with van der Waals surface area (Å²) < 4.78 is 74.0. The van der Waals surface area contributed by atoms with Gasteiger partial charge < -0.3 is 15.4 Å². The van der Waals surface area contributed by atoms with E-state index in [0.717, 1.165) is 66.6 Å². The fraction of sp³-hybridized carbons (Fsp3) is 0.345. The average Bonchev–Trinajstić information content (AvgIpc) is 3.65. The Kier molecular flexibility index (Phi) is 13.8. The second-order valence-corrected chi connectivity index (χ2v) is 22.4. The number of unbranched alkanes of at least 4 members (excludes halogenated alkanes) is 2. The van der Waals surface area contributed by atoms with E-state index in [2.05, 4.69) is 110 Å². The van der Waals surface area contributed by atoms with E-state index in [9.17, 15) is 30.7 Å². The van der Waals surface area contributed by atoms with Gasteiger partial charge >= 0.3 is 5.97 Å². The van der Waals surface area contributed by atoms with Crippen LogP contribution in [0.3, 0.4) is 0 Å². The topological polar surface area (TPSA) is 167 Å². The largest absolute Gasteiger partial charge is 0.466 e. The van der Waals surface area contributed by atoms with E-state index in [-0.39, 0.29) is 24.1 Å². The number of benzene rings is 5. The summed E-state index contributed by atoms with van der Waals surface area (Å²) in [7, 11) is -8.22. The quantitative estimate of drug-likeness (QED) is 0.0285. The number of ether oxygens (including phenoxy) is 1. The van der Waals surface area contributed by atoms with Crippen molar-refractivity contribution in [3.8, 4) is 0 Å². The van der Waals surface area contributed by atoms with E-state index >= 15 is 0 Å². The Labute approximate surface area is 400 Å². The molecule has 13 heteroatoms. The zero-order valence-corrected chi connectivity index (χ0v) is 41.2. The maximum absolute atomic E-state index is 13.9. The molecule has 1 unspecified atom stereocenters. The summed E-state index contributed by atoms with van der Waals surface area (Å²) >= 11 is 0. The van der Waals surface area contributed by atoms with Crippen molar-refractivity contribution in [2.75, 3.05) is 41.8 Å². The molecule has 0 spiro atoms. The Morgan fingerprint density at radius 3 is 2.01 bits per heavy atom. The molecular weight excluding hydrogens is 895 g/mol. The van der Waals surface area contributed by atoms with E-state index in [1.807, 2.05) is 55.5 Å². The van der Waals surface area contributed by atoms with Gasteiger partial charge in [-0.15, -0.1) is 0 Å². The van der Waals surface area contributed by atoms with Crippen LogP contribution < -0.4 is 10.6 Å². The van der Waals surface area contributed by atoms with Gasteiger partial charge in [0.25, 0.3) is 20.2 Å². The highest BCUT2D eigenvalue weighted by atomic mass is 32.2. The Balaban J connectivity index is 1.29. The molecule has 1 aliphatic carbocycles. The first kappa shape index (κ1) is 48.6. The van der Waals surface area contributed by atoms with Crippen LogP contribution in [-0.4, -0.2) is 73.4 Å². The third kappa shape index (κ3) is 9.99. The maximum atomic E-state index is 13.9. The molecule has 0 saturated carbocycles. The van der Waals surface area contributed by atoms with Crippen molar-refractivity contribution in [1.29, 1.82) is 0 Å². The highest BCUT2D eigenvalue weighted by Crippen LogP contribution is 2.52. The lowest BCUT2D eigenvalue weighted by Gasteiger charge is -2.29. The predicted molar refractivity (Wildman–Crippen MR) is 275 cm³/mol. The average molecular weight is 957 g/mol. The molecule has 1 atom stereocenters. The van der Waals surface area contributed by atoms with Gasteiger partial charge in [0.2, 0.25) is 5.69 Å². The second-order valence-electron chi connectivity index (χ2n) is 19.2.